The monoisotopic (exact) mass is 487 g/mol. The van der Waals surface area contributed by atoms with Crippen LogP contribution in [0.5, 0.6) is 5.75 Å². The fourth-order valence-corrected chi connectivity index (χ4v) is 4.87. The Morgan fingerprint density at radius 1 is 1.03 bits per heavy atom. The smallest absolute Gasteiger partial charge is 0.258 e. The van der Waals surface area contributed by atoms with Crippen molar-refractivity contribution in [2.75, 3.05) is 25.1 Å². The van der Waals surface area contributed by atoms with Crippen LogP contribution in [0.3, 0.4) is 0 Å². The van der Waals surface area contributed by atoms with E-state index < -0.39 is 6.04 Å². The average Bonchev–Trinajstić information content (AvgIpc) is 3.17. The van der Waals surface area contributed by atoms with Gasteiger partial charge in [-0.3, -0.25) is 14.4 Å². The van der Waals surface area contributed by atoms with Crippen LogP contribution in [-0.2, 0) is 16.1 Å². The van der Waals surface area contributed by atoms with Crippen molar-refractivity contribution >= 4 is 34.2 Å². The van der Waals surface area contributed by atoms with Gasteiger partial charge in [0.25, 0.3) is 5.91 Å². The van der Waals surface area contributed by atoms with Crippen molar-refractivity contribution < 1.29 is 19.1 Å². The van der Waals surface area contributed by atoms with Crippen molar-refractivity contribution in [3.63, 3.8) is 0 Å². The molecule has 0 unspecified atom stereocenters. The van der Waals surface area contributed by atoms with Crippen LogP contribution in [0.25, 0.3) is 10.8 Å². The van der Waals surface area contributed by atoms with Crippen LogP contribution in [0, 0.1) is 0 Å². The quantitative estimate of drug-likeness (QED) is 0.431. The Morgan fingerprint density at radius 2 is 1.75 bits per heavy atom. The largest absolute Gasteiger partial charge is 0.497 e. The van der Waals surface area contributed by atoms with Gasteiger partial charge in [-0.2, -0.15) is 0 Å². The molecular formula is C29H33N3O4. The lowest BCUT2D eigenvalue weighted by molar-refractivity contribution is -0.141. The molecule has 0 radical (unpaired) electrons. The standard InChI is InChI=1S/C29H33N3O4/c1-4-24(28(34)30-5-2)32(19-20-14-16-22(36-3)17-15-20)26(33)13-8-18-31-25-12-7-10-21-9-6-11-23(27(21)25)29(31)35/h6-7,9-12,14-17,24H,4-5,8,13,18-19H2,1-3H3,(H,30,34)/t24-/m1/s1. The molecule has 1 heterocycles. The number of nitrogens with one attached hydrogen (secondary N) is 1. The van der Waals surface area contributed by atoms with Gasteiger partial charge in [-0.15, -0.1) is 0 Å². The summed E-state index contributed by atoms with van der Waals surface area (Å²) in [5.74, 6) is 0.446. The van der Waals surface area contributed by atoms with Crippen molar-refractivity contribution in [2.45, 2.75) is 45.7 Å². The second kappa shape index (κ2) is 11.2. The number of nitrogens with zero attached hydrogens (tertiary/aromatic N) is 2. The van der Waals surface area contributed by atoms with E-state index in [-0.39, 0.29) is 24.1 Å². The molecule has 7 nitrogen and oxygen atoms in total. The maximum absolute atomic E-state index is 13.5. The molecule has 36 heavy (non-hydrogen) atoms. The molecule has 188 valence electrons. The van der Waals surface area contributed by atoms with Crippen molar-refractivity contribution in [2.24, 2.45) is 0 Å². The molecule has 0 bridgehead atoms. The third-order valence-electron chi connectivity index (χ3n) is 6.67. The van der Waals surface area contributed by atoms with Crippen molar-refractivity contribution in [3.05, 3.63) is 71.8 Å². The van der Waals surface area contributed by atoms with E-state index in [1.807, 2.05) is 74.5 Å². The molecule has 0 aromatic heterocycles. The van der Waals surface area contributed by atoms with Gasteiger partial charge in [0.05, 0.1) is 12.8 Å². The first-order valence-electron chi connectivity index (χ1n) is 12.5. The summed E-state index contributed by atoms with van der Waals surface area (Å²) in [6.45, 7) is 5.04. The lowest BCUT2D eigenvalue weighted by Crippen LogP contribution is -2.49. The predicted molar refractivity (Wildman–Crippen MR) is 141 cm³/mol. The molecule has 3 aromatic carbocycles. The number of hydrogen-bond donors (Lipinski definition) is 1. The van der Waals surface area contributed by atoms with Gasteiger partial charge >= 0.3 is 0 Å². The molecule has 3 amide bonds. The van der Waals surface area contributed by atoms with Gasteiger partial charge in [-0.25, -0.2) is 0 Å². The summed E-state index contributed by atoms with van der Waals surface area (Å²) in [6, 6.07) is 18.6. The summed E-state index contributed by atoms with van der Waals surface area (Å²) >= 11 is 0. The molecule has 4 rings (SSSR count). The van der Waals surface area contributed by atoms with Gasteiger partial charge < -0.3 is 19.9 Å². The first kappa shape index (κ1) is 25.2. The second-order valence-corrected chi connectivity index (χ2v) is 8.93. The second-order valence-electron chi connectivity index (χ2n) is 8.93. The first-order valence-corrected chi connectivity index (χ1v) is 12.5. The van der Waals surface area contributed by atoms with E-state index in [2.05, 4.69) is 5.32 Å². The van der Waals surface area contributed by atoms with Gasteiger partial charge in [0, 0.05) is 37.0 Å². The lowest BCUT2D eigenvalue weighted by atomic mass is 10.1. The van der Waals surface area contributed by atoms with E-state index in [9.17, 15) is 14.4 Å². The minimum atomic E-state index is -0.564. The summed E-state index contributed by atoms with van der Waals surface area (Å²) in [4.78, 5) is 42.7. The van der Waals surface area contributed by atoms with Crippen LogP contribution in [0.4, 0.5) is 5.69 Å². The highest BCUT2D eigenvalue weighted by molar-refractivity contribution is 6.25. The van der Waals surface area contributed by atoms with E-state index in [1.165, 1.54) is 0 Å². The zero-order valence-electron chi connectivity index (χ0n) is 21.1. The SMILES string of the molecule is CCNC(=O)[C@@H](CC)N(Cc1ccc(OC)cc1)C(=O)CCCN1C(=O)c2cccc3cccc1c23. The van der Waals surface area contributed by atoms with Crippen LogP contribution < -0.4 is 15.0 Å². The zero-order valence-corrected chi connectivity index (χ0v) is 21.1. The highest BCUT2D eigenvalue weighted by atomic mass is 16.5. The molecule has 3 aromatic rings. The molecular weight excluding hydrogens is 454 g/mol. The average molecular weight is 488 g/mol. The summed E-state index contributed by atoms with van der Waals surface area (Å²) in [7, 11) is 1.61. The van der Waals surface area contributed by atoms with Crippen LogP contribution >= 0.6 is 0 Å². The van der Waals surface area contributed by atoms with E-state index in [1.54, 1.807) is 16.9 Å². The third kappa shape index (κ3) is 5.05. The van der Waals surface area contributed by atoms with Crippen molar-refractivity contribution in [1.29, 1.82) is 0 Å². The molecule has 1 atom stereocenters. The van der Waals surface area contributed by atoms with Crippen LogP contribution in [0.2, 0.25) is 0 Å². The number of benzene rings is 3. The Bertz CT molecular complexity index is 1250. The minimum absolute atomic E-state index is 0.0295. The fraction of sp³-hybridized carbons (Fsp3) is 0.345. The van der Waals surface area contributed by atoms with Gasteiger partial charge in [-0.05, 0) is 55.0 Å². The first-order chi connectivity index (χ1) is 17.5. The Hall–Kier alpha value is -3.87. The number of methoxy groups -OCH3 is 1. The predicted octanol–water partition coefficient (Wildman–Crippen LogP) is 4.53. The van der Waals surface area contributed by atoms with Gasteiger partial charge in [0.15, 0.2) is 0 Å². The number of carbonyl (C=O) groups excluding carboxylic acids is 3. The summed E-state index contributed by atoms with van der Waals surface area (Å²) in [6.07, 6.45) is 1.25. The highest BCUT2D eigenvalue weighted by Gasteiger charge is 2.31. The molecule has 0 spiro atoms. The van der Waals surface area contributed by atoms with Crippen LogP contribution in [0.1, 0.15) is 49.0 Å². The number of carbonyl (C=O) groups is 3. The molecule has 0 aliphatic carbocycles. The van der Waals surface area contributed by atoms with Crippen LogP contribution in [-0.4, -0.2) is 48.9 Å². The topological polar surface area (TPSA) is 79.0 Å². The Balaban J connectivity index is 1.48. The number of likely N-dealkylation sites (N-methyl/N-ethyl adjacent to an activating group) is 1. The normalized spacial score (nSPS) is 13.1. The molecule has 0 saturated carbocycles. The summed E-state index contributed by atoms with van der Waals surface area (Å²) < 4.78 is 5.24. The fourth-order valence-electron chi connectivity index (χ4n) is 4.87. The van der Waals surface area contributed by atoms with Crippen LogP contribution in [0.15, 0.2) is 60.7 Å². The number of rotatable bonds is 11. The van der Waals surface area contributed by atoms with E-state index in [4.69, 9.17) is 4.74 Å². The number of hydrogen-bond acceptors (Lipinski definition) is 4. The Labute approximate surface area is 212 Å². The molecule has 0 saturated heterocycles. The van der Waals surface area contributed by atoms with E-state index in [0.717, 1.165) is 27.8 Å². The Morgan fingerprint density at radius 3 is 2.42 bits per heavy atom. The maximum atomic E-state index is 13.5. The third-order valence-corrected chi connectivity index (χ3v) is 6.67. The number of anilines is 1. The summed E-state index contributed by atoms with van der Waals surface area (Å²) in [5, 5.41) is 4.87. The molecule has 1 N–H and O–H groups in total. The maximum Gasteiger partial charge on any atom is 0.258 e. The van der Waals surface area contributed by atoms with E-state index >= 15 is 0 Å². The number of ether oxygens (including phenoxy) is 1. The molecule has 1 aliphatic rings. The van der Waals surface area contributed by atoms with Crippen molar-refractivity contribution in [3.8, 4) is 5.75 Å². The Kier molecular flexibility index (Phi) is 7.88. The highest BCUT2D eigenvalue weighted by Crippen LogP contribution is 2.37. The zero-order chi connectivity index (χ0) is 25.7. The summed E-state index contributed by atoms with van der Waals surface area (Å²) in [5.41, 5.74) is 2.52. The van der Waals surface area contributed by atoms with Crippen molar-refractivity contribution in [1.82, 2.24) is 10.2 Å². The lowest BCUT2D eigenvalue weighted by Gasteiger charge is -2.31. The van der Waals surface area contributed by atoms with Gasteiger partial charge in [0.1, 0.15) is 11.8 Å². The van der Waals surface area contributed by atoms with Gasteiger partial charge in [0.2, 0.25) is 11.8 Å². The van der Waals surface area contributed by atoms with E-state index in [0.29, 0.717) is 38.0 Å². The van der Waals surface area contributed by atoms with Gasteiger partial charge in [-0.1, -0.05) is 43.3 Å². The number of amides is 3. The molecule has 1 aliphatic heterocycles. The minimum Gasteiger partial charge on any atom is -0.497 e. The molecule has 7 heteroatoms. The molecule has 0 fully saturated rings.